The second kappa shape index (κ2) is 6.95. The third-order valence-corrected chi connectivity index (χ3v) is 3.17. The van der Waals surface area contributed by atoms with E-state index in [1.165, 1.54) is 11.3 Å². The van der Waals surface area contributed by atoms with Gasteiger partial charge < -0.3 is 15.7 Å². The van der Waals surface area contributed by atoms with Crippen molar-refractivity contribution in [3.8, 4) is 0 Å². The first kappa shape index (κ1) is 14.4. The Morgan fingerprint density at radius 2 is 2.22 bits per heavy atom. The van der Waals surface area contributed by atoms with Gasteiger partial charge in [-0.05, 0) is 12.8 Å². The van der Waals surface area contributed by atoms with Crippen molar-refractivity contribution >= 4 is 23.3 Å². The third-order valence-electron chi connectivity index (χ3n) is 2.20. The van der Waals surface area contributed by atoms with Gasteiger partial charge in [-0.25, -0.2) is 9.78 Å². The van der Waals surface area contributed by atoms with Gasteiger partial charge in [0.2, 0.25) is 0 Å². The Morgan fingerprint density at radius 1 is 1.50 bits per heavy atom. The number of rotatable bonds is 6. The minimum Gasteiger partial charge on any atom is -0.481 e. The molecule has 100 valence electrons. The minimum atomic E-state index is -0.858. The van der Waals surface area contributed by atoms with Crippen molar-refractivity contribution in [2.75, 3.05) is 6.54 Å². The Hall–Kier alpha value is -1.63. The van der Waals surface area contributed by atoms with Crippen LogP contribution < -0.4 is 10.6 Å². The van der Waals surface area contributed by atoms with Gasteiger partial charge in [-0.15, -0.1) is 11.3 Å². The molecule has 1 atom stereocenters. The summed E-state index contributed by atoms with van der Waals surface area (Å²) in [5.74, 6) is -0.946. The maximum Gasteiger partial charge on any atom is 0.315 e. The number of aryl methyl sites for hydroxylation is 1. The summed E-state index contributed by atoms with van der Waals surface area (Å²) in [7, 11) is 0. The number of hydrogen-bond acceptors (Lipinski definition) is 4. The summed E-state index contributed by atoms with van der Waals surface area (Å²) in [4.78, 5) is 26.1. The molecule has 0 saturated carbocycles. The lowest BCUT2D eigenvalue weighted by Crippen LogP contribution is -2.37. The molecule has 2 amide bonds. The van der Waals surface area contributed by atoms with E-state index < -0.39 is 5.97 Å². The van der Waals surface area contributed by atoms with Gasteiger partial charge in [0.25, 0.3) is 0 Å². The summed E-state index contributed by atoms with van der Waals surface area (Å²) in [5, 5.41) is 16.6. The Kier molecular flexibility index (Phi) is 5.57. The lowest BCUT2D eigenvalue weighted by Gasteiger charge is -2.10. The number of carboxylic acid groups (broad SMARTS) is 1. The van der Waals surface area contributed by atoms with E-state index in [1.807, 2.05) is 12.3 Å². The Balaban J connectivity index is 2.19. The molecule has 0 aliphatic rings. The number of aromatic nitrogens is 1. The lowest BCUT2D eigenvalue weighted by molar-refractivity contribution is -0.137. The number of nitrogens with zero attached hydrogens (tertiary/aromatic N) is 1. The van der Waals surface area contributed by atoms with Crippen molar-refractivity contribution in [3.63, 3.8) is 0 Å². The van der Waals surface area contributed by atoms with E-state index in [-0.39, 0.29) is 18.4 Å². The quantitative estimate of drug-likeness (QED) is 0.728. The van der Waals surface area contributed by atoms with E-state index in [9.17, 15) is 9.59 Å². The van der Waals surface area contributed by atoms with Crippen LogP contribution in [0.2, 0.25) is 0 Å². The summed E-state index contributed by atoms with van der Waals surface area (Å²) in [6.07, 6.45) is 0.0476. The highest BCUT2D eigenvalue weighted by Gasteiger charge is 2.09. The van der Waals surface area contributed by atoms with Crippen LogP contribution in [0.4, 0.5) is 4.79 Å². The molecular formula is C11H17N3O3S. The van der Waals surface area contributed by atoms with E-state index in [2.05, 4.69) is 15.6 Å². The number of carboxylic acids is 1. The topological polar surface area (TPSA) is 91.3 Å². The molecule has 1 aromatic heterocycles. The maximum absolute atomic E-state index is 11.4. The van der Waals surface area contributed by atoms with E-state index in [1.54, 1.807) is 6.92 Å². The first-order chi connectivity index (χ1) is 8.47. The van der Waals surface area contributed by atoms with Crippen LogP contribution in [0.5, 0.6) is 0 Å². The Labute approximate surface area is 109 Å². The van der Waals surface area contributed by atoms with Crippen LogP contribution in [-0.4, -0.2) is 28.6 Å². The van der Waals surface area contributed by atoms with E-state index in [0.29, 0.717) is 13.1 Å². The Bertz CT molecular complexity index is 419. The maximum atomic E-state index is 11.4. The highest BCUT2D eigenvalue weighted by Crippen LogP contribution is 2.07. The molecule has 1 rings (SSSR count). The lowest BCUT2D eigenvalue weighted by atomic mass is 10.1. The SMILES string of the molecule is Cc1csc(CNC(=O)NCC(C)CC(=O)O)n1. The number of carbonyl (C=O) groups is 2. The fourth-order valence-electron chi connectivity index (χ4n) is 1.34. The second-order valence-corrected chi connectivity index (χ2v) is 5.09. The zero-order chi connectivity index (χ0) is 13.5. The van der Waals surface area contributed by atoms with Crippen LogP contribution in [0.3, 0.4) is 0 Å². The zero-order valence-corrected chi connectivity index (χ0v) is 11.2. The average Bonchev–Trinajstić information content (AvgIpc) is 2.69. The fraction of sp³-hybridized carbons (Fsp3) is 0.545. The molecule has 0 aromatic carbocycles. The standard InChI is InChI=1S/C11H17N3O3S/c1-7(3-10(15)16)4-12-11(17)13-5-9-14-8(2)6-18-9/h6-7H,3-5H2,1-2H3,(H,15,16)(H2,12,13,17). The smallest absolute Gasteiger partial charge is 0.315 e. The average molecular weight is 271 g/mol. The second-order valence-electron chi connectivity index (χ2n) is 4.15. The minimum absolute atomic E-state index is 0.0476. The van der Waals surface area contributed by atoms with Gasteiger partial charge in [-0.3, -0.25) is 4.79 Å². The molecule has 1 unspecified atom stereocenters. The summed E-state index contributed by atoms with van der Waals surface area (Å²) < 4.78 is 0. The normalized spacial score (nSPS) is 11.9. The molecule has 3 N–H and O–H groups in total. The van der Waals surface area contributed by atoms with Crippen molar-refractivity contribution < 1.29 is 14.7 Å². The molecule has 0 aliphatic heterocycles. The number of carbonyl (C=O) groups excluding carboxylic acids is 1. The largest absolute Gasteiger partial charge is 0.481 e. The molecular weight excluding hydrogens is 254 g/mol. The van der Waals surface area contributed by atoms with Gasteiger partial charge in [0, 0.05) is 24.0 Å². The molecule has 18 heavy (non-hydrogen) atoms. The van der Waals surface area contributed by atoms with E-state index in [4.69, 9.17) is 5.11 Å². The fourth-order valence-corrected chi connectivity index (χ4v) is 2.05. The number of hydrogen-bond donors (Lipinski definition) is 3. The summed E-state index contributed by atoms with van der Waals surface area (Å²) >= 11 is 1.49. The van der Waals surface area contributed by atoms with Gasteiger partial charge >= 0.3 is 12.0 Å². The van der Waals surface area contributed by atoms with Gasteiger partial charge in [0.15, 0.2) is 0 Å². The molecule has 0 saturated heterocycles. The number of thiazole rings is 1. The van der Waals surface area contributed by atoms with Crippen molar-refractivity contribution in [2.24, 2.45) is 5.92 Å². The molecule has 7 heteroatoms. The number of amides is 2. The van der Waals surface area contributed by atoms with Crippen molar-refractivity contribution in [1.29, 1.82) is 0 Å². The first-order valence-electron chi connectivity index (χ1n) is 5.62. The highest BCUT2D eigenvalue weighted by molar-refractivity contribution is 7.09. The zero-order valence-electron chi connectivity index (χ0n) is 10.4. The first-order valence-corrected chi connectivity index (χ1v) is 6.50. The van der Waals surface area contributed by atoms with Crippen LogP contribution >= 0.6 is 11.3 Å². The van der Waals surface area contributed by atoms with Crippen molar-refractivity contribution in [3.05, 3.63) is 16.1 Å². The van der Waals surface area contributed by atoms with Crippen LogP contribution in [0.1, 0.15) is 24.0 Å². The number of aliphatic carboxylic acids is 1. The Morgan fingerprint density at radius 3 is 2.78 bits per heavy atom. The van der Waals surface area contributed by atoms with Crippen molar-refractivity contribution in [2.45, 2.75) is 26.8 Å². The molecule has 0 fully saturated rings. The van der Waals surface area contributed by atoms with Crippen LogP contribution in [0.15, 0.2) is 5.38 Å². The van der Waals surface area contributed by atoms with Gasteiger partial charge in [0.05, 0.1) is 6.54 Å². The van der Waals surface area contributed by atoms with E-state index >= 15 is 0 Å². The summed E-state index contributed by atoms with van der Waals surface area (Å²) in [6.45, 7) is 4.40. The van der Waals surface area contributed by atoms with Crippen LogP contribution in [-0.2, 0) is 11.3 Å². The van der Waals surface area contributed by atoms with Crippen LogP contribution in [0, 0.1) is 12.8 Å². The summed E-state index contributed by atoms with van der Waals surface area (Å²) in [5.41, 5.74) is 0.937. The van der Waals surface area contributed by atoms with E-state index in [0.717, 1.165) is 10.7 Å². The van der Waals surface area contributed by atoms with Crippen molar-refractivity contribution in [1.82, 2.24) is 15.6 Å². The summed E-state index contributed by atoms with van der Waals surface area (Å²) in [6, 6.07) is -0.305. The van der Waals surface area contributed by atoms with Gasteiger partial charge in [-0.2, -0.15) is 0 Å². The monoisotopic (exact) mass is 271 g/mol. The highest BCUT2D eigenvalue weighted by atomic mass is 32.1. The molecule has 0 radical (unpaired) electrons. The number of nitrogens with one attached hydrogen (secondary N) is 2. The molecule has 0 bridgehead atoms. The molecule has 1 heterocycles. The van der Waals surface area contributed by atoms with Gasteiger partial charge in [0.1, 0.15) is 5.01 Å². The third kappa shape index (κ3) is 5.62. The predicted octanol–water partition coefficient (Wildman–Crippen LogP) is 1.36. The number of urea groups is 1. The molecule has 0 aliphatic carbocycles. The van der Waals surface area contributed by atoms with Crippen LogP contribution in [0.25, 0.3) is 0 Å². The molecule has 1 aromatic rings. The van der Waals surface area contributed by atoms with Gasteiger partial charge in [-0.1, -0.05) is 6.92 Å². The predicted molar refractivity (Wildman–Crippen MR) is 68.5 cm³/mol. The molecule has 6 nitrogen and oxygen atoms in total. The molecule has 0 spiro atoms.